The van der Waals surface area contributed by atoms with Crippen molar-refractivity contribution in [2.75, 3.05) is 19.6 Å². The summed E-state index contributed by atoms with van der Waals surface area (Å²) in [6.45, 7) is 0.763. The van der Waals surface area contributed by atoms with Crippen molar-refractivity contribution in [1.82, 2.24) is 30.7 Å². The van der Waals surface area contributed by atoms with Crippen molar-refractivity contribution in [3.63, 3.8) is 0 Å². The van der Waals surface area contributed by atoms with Gasteiger partial charge >= 0.3 is 0 Å². The van der Waals surface area contributed by atoms with E-state index < -0.39 is 46.9 Å². The normalized spacial score (nSPS) is 24.8. The molecule has 1 saturated heterocycles. The van der Waals surface area contributed by atoms with Gasteiger partial charge < -0.3 is 20.1 Å². The SMILES string of the molecule is O=C(N[C@H]1CCN(CC2CC2(F)F)C[C@@H]1C(=O)NC1(c2ncccn2)CC1)c1cc(-c2ccc(F)cc2F)on1. The highest BCUT2D eigenvalue weighted by Gasteiger charge is 2.57. The van der Waals surface area contributed by atoms with Crippen LogP contribution in [-0.2, 0) is 10.3 Å². The number of carbonyl (C=O) groups excluding carboxylic acids is 2. The third-order valence-corrected chi connectivity index (χ3v) is 7.83. The van der Waals surface area contributed by atoms with Gasteiger partial charge in [0.1, 0.15) is 11.6 Å². The molecule has 0 radical (unpaired) electrons. The minimum atomic E-state index is -2.68. The van der Waals surface area contributed by atoms with E-state index in [0.717, 1.165) is 6.07 Å². The van der Waals surface area contributed by atoms with Crippen LogP contribution >= 0.6 is 0 Å². The third-order valence-electron chi connectivity index (χ3n) is 7.83. The number of rotatable bonds is 8. The van der Waals surface area contributed by atoms with Gasteiger partial charge in [-0.2, -0.15) is 0 Å². The van der Waals surface area contributed by atoms with E-state index >= 15 is 0 Å². The molecule has 2 aromatic heterocycles. The van der Waals surface area contributed by atoms with Gasteiger partial charge in [0.25, 0.3) is 11.8 Å². The van der Waals surface area contributed by atoms with E-state index in [1.807, 2.05) is 4.90 Å². The van der Waals surface area contributed by atoms with Crippen LogP contribution in [0, 0.1) is 23.5 Å². The molecule has 0 spiro atoms. The highest BCUT2D eigenvalue weighted by atomic mass is 19.3. The van der Waals surface area contributed by atoms with Gasteiger partial charge in [-0.15, -0.1) is 0 Å². The predicted octanol–water partition coefficient (Wildman–Crippen LogP) is 3.29. The number of halogens is 4. The first-order chi connectivity index (χ1) is 19.1. The maximum atomic E-state index is 14.2. The number of nitrogens with one attached hydrogen (secondary N) is 2. The Labute approximate surface area is 226 Å². The van der Waals surface area contributed by atoms with Crippen LogP contribution in [0.3, 0.4) is 0 Å². The van der Waals surface area contributed by atoms with Gasteiger partial charge in [0.2, 0.25) is 5.91 Å². The van der Waals surface area contributed by atoms with Gasteiger partial charge in [0, 0.05) is 62.5 Å². The number of likely N-dealkylation sites (tertiary alicyclic amines) is 1. The summed E-state index contributed by atoms with van der Waals surface area (Å²) in [4.78, 5) is 37.1. The molecule has 6 rings (SSSR count). The maximum absolute atomic E-state index is 14.2. The quantitative estimate of drug-likeness (QED) is 0.408. The Kier molecular flexibility index (Phi) is 6.56. The Morgan fingerprint density at radius 1 is 1.12 bits per heavy atom. The van der Waals surface area contributed by atoms with Crippen LogP contribution < -0.4 is 10.6 Å². The van der Waals surface area contributed by atoms with Crippen molar-refractivity contribution in [3.05, 3.63) is 65.9 Å². The second kappa shape index (κ2) is 9.95. The monoisotopic (exact) mass is 558 g/mol. The zero-order valence-corrected chi connectivity index (χ0v) is 21.2. The summed E-state index contributed by atoms with van der Waals surface area (Å²) in [5.74, 6) is -6.33. The molecule has 3 fully saturated rings. The van der Waals surface area contributed by atoms with Crippen LogP contribution in [0.15, 0.2) is 47.2 Å². The molecule has 3 aromatic rings. The predicted molar refractivity (Wildman–Crippen MR) is 132 cm³/mol. The molecule has 9 nitrogen and oxygen atoms in total. The number of alkyl halides is 2. The van der Waals surface area contributed by atoms with Crippen molar-refractivity contribution in [2.45, 2.75) is 43.2 Å². The molecule has 0 bridgehead atoms. The van der Waals surface area contributed by atoms with E-state index in [0.29, 0.717) is 37.7 Å². The van der Waals surface area contributed by atoms with Crippen molar-refractivity contribution >= 4 is 11.8 Å². The van der Waals surface area contributed by atoms with E-state index in [2.05, 4.69) is 25.8 Å². The van der Waals surface area contributed by atoms with Crippen LogP contribution in [0.2, 0.25) is 0 Å². The van der Waals surface area contributed by atoms with Crippen LogP contribution in [0.25, 0.3) is 11.3 Å². The van der Waals surface area contributed by atoms with E-state index in [1.54, 1.807) is 18.5 Å². The van der Waals surface area contributed by atoms with E-state index in [4.69, 9.17) is 4.52 Å². The van der Waals surface area contributed by atoms with E-state index in [-0.39, 0.29) is 42.4 Å². The molecule has 3 atom stereocenters. The zero-order chi connectivity index (χ0) is 28.1. The fourth-order valence-corrected chi connectivity index (χ4v) is 5.25. The minimum Gasteiger partial charge on any atom is -0.355 e. The summed E-state index contributed by atoms with van der Waals surface area (Å²) in [5.41, 5.74) is -0.901. The molecule has 3 aliphatic rings. The highest BCUT2D eigenvalue weighted by molar-refractivity contribution is 5.94. The number of benzene rings is 1. The Balaban J connectivity index is 1.18. The summed E-state index contributed by atoms with van der Waals surface area (Å²) in [5, 5.41) is 9.59. The number of piperidine rings is 1. The number of hydrogen-bond acceptors (Lipinski definition) is 7. The second-order valence-corrected chi connectivity index (χ2v) is 10.7. The number of aromatic nitrogens is 3. The number of nitrogens with zero attached hydrogens (tertiary/aromatic N) is 4. The molecule has 2 saturated carbocycles. The van der Waals surface area contributed by atoms with Gasteiger partial charge in [-0.3, -0.25) is 9.59 Å². The van der Waals surface area contributed by atoms with Crippen LogP contribution in [-0.4, -0.2) is 63.4 Å². The second-order valence-electron chi connectivity index (χ2n) is 10.7. The van der Waals surface area contributed by atoms with Crippen LogP contribution in [0.5, 0.6) is 0 Å². The van der Waals surface area contributed by atoms with E-state index in [1.165, 1.54) is 12.1 Å². The minimum absolute atomic E-state index is 0.0596. The van der Waals surface area contributed by atoms with Gasteiger partial charge in [0.05, 0.1) is 17.0 Å². The summed E-state index contributed by atoms with van der Waals surface area (Å²) in [6.07, 6.45) is 4.68. The van der Waals surface area contributed by atoms with Crippen molar-refractivity contribution < 1.29 is 31.7 Å². The molecule has 1 aliphatic heterocycles. The lowest BCUT2D eigenvalue weighted by Gasteiger charge is -2.38. The van der Waals surface area contributed by atoms with Crippen LogP contribution in [0.1, 0.15) is 42.0 Å². The fraction of sp³-hybridized carbons (Fsp3) is 0.444. The first-order valence-electron chi connectivity index (χ1n) is 13.1. The largest absolute Gasteiger partial charge is 0.355 e. The lowest BCUT2D eigenvalue weighted by Crippen LogP contribution is -2.57. The molecule has 1 unspecified atom stereocenters. The van der Waals surface area contributed by atoms with Gasteiger partial charge in [-0.25, -0.2) is 27.5 Å². The summed E-state index contributed by atoms with van der Waals surface area (Å²) < 4.78 is 59.8. The average molecular weight is 559 g/mol. The zero-order valence-electron chi connectivity index (χ0n) is 21.2. The van der Waals surface area contributed by atoms with Crippen LogP contribution in [0.4, 0.5) is 17.6 Å². The lowest BCUT2D eigenvalue weighted by atomic mass is 9.90. The molecule has 13 heteroatoms. The highest BCUT2D eigenvalue weighted by Crippen LogP contribution is 2.49. The maximum Gasteiger partial charge on any atom is 0.273 e. The van der Waals surface area contributed by atoms with Gasteiger partial charge in [-0.1, -0.05) is 5.16 Å². The van der Waals surface area contributed by atoms with Gasteiger partial charge in [-0.05, 0) is 37.5 Å². The molecule has 2 amide bonds. The number of amides is 2. The Bertz CT molecular complexity index is 1430. The number of carbonyl (C=O) groups is 2. The molecule has 2 aliphatic carbocycles. The first-order valence-corrected chi connectivity index (χ1v) is 13.1. The van der Waals surface area contributed by atoms with Crippen molar-refractivity contribution in [1.29, 1.82) is 0 Å². The third kappa shape index (κ3) is 5.29. The smallest absolute Gasteiger partial charge is 0.273 e. The van der Waals surface area contributed by atoms with E-state index in [9.17, 15) is 27.2 Å². The molecule has 1 aromatic carbocycles. The Morgan fingerprint density at radius 3 is 2.55 bits per heavy atom. The molecular formula is C27H26F4N6O3. The molecule has 2 N–H and O–H groups in total. The topological polar surface area (TPSA) is 113 Å². The standard InChI is InChI=1S/C27H26F4N6O3/c28-16-2-3-17(19(29)10-16)22-11-21(36-40-22)24(39)34-20-4-9-37(13-15-12-27(15,30)31)14-18(20)23(38)35-26(5-6-26)25-32-7-1-8-33-25/h1-3,7-8,10-11,15,18,20H,4-6,9,12-14H2,(H,34,39)(H,35,38)/t15?,18-,20-/m0/s1. The molecule has 40 heavy (non-hydrogen) atoms. The number of hydrogen-bond donors (Lipinski definition) is 2. The fourth-order valence-electron chi connectivity index (χ4n) is 5.25. The molecule has 210 valence electrons. The average Bonchev–Trinajstić information content (AvgIpc) is 3.76. The Morgan fingerprint density at radius 2 is 1.88 bits per heavy atom. The van der Waals surface area contributed by atoms with Crippen molar-refractivity contribution in [3.8, 4) is 11.3 Å². The summed E-state index contributed by atoms with van der Waals surface area (Å²) in [7, 11) is 0. The molecule has 3 heterocycles. The summed E-state index contributed by atoms with van der Waals surface area (Å²) >= 11 is 0. The molecular weight excluding hydrogens is 532 g/mol. The van der Waals surface area contributed by atoms with Gasteiger partial charge in [0.15, 0.2) is 17.3 Å². The summed E-state index contributed by atoms with van der Waals surface area (Å²) in [6, 6.07) is 5.22. The Hall–Kier alpha value is -3.87. The lowest BCUT2D eigenvalue weighted by molar-refractivity contribution is -0.128. The van der Waals surface area contributed by atoms with Crippen molar-refractivity contribution in [2.24, 2.45) is 11.8 Å². The first kappa shape index (κ1) is 26.4.